The van der Waals surface area contributed by atoms with Crippen LogP contribution in [-0.4, -0.2) is 53.3 Å². The molecule has 1 aromatic rings. The summed E-state index contributed by atoms with van der Waals surface area (Å²) in [5.74, 6) is -0.0751. The number of pyridine rings is 1. The highest BCUT2D eigenvalue weighted by molar-refractivity contribution is 5.94. The molecular formula is C12H17N3O3. The average Bonchev–Trinajstić information content (AvgIpc) is 2.46. The van der Waals surface area contributed by atoms with E-state index in [0.29, 0.717) is 37.5 Å². The van der Waals surface area contributed by atoms with Crippen LogP contribution >= 0.6 is 0 Å². The lowest BCUT2D eigenvalue weighted by Crippen LogP contribution is -2.46. The molecular weight excluding hydrogens is 234 g/mol. The number of rotatable bonds is 3. The summed E-state index contributed by atoms with van der Waals surface area (Å²) in [7, 11) is 0. The molecule has 6 heteroatoms. The number of amides is 1. The molecule has 98 valence electrons. The third-order valence-electron chi connectivity index (χ3n) is 2.90. The molecule has 1 aromatic heterocycles. The van der Waals surface area contributed by atoms with Crippen molar-refractivity contribution in [2.75, 3.05) is 26.3 Å². The Balaban J connectivity index is 2.10. The number of nitrogens with zero attached hydrogens (tertiary/aromatic N) is 2. The molecule has 18 heavy (non-hydrogen) atoms. The fourth-order valence-corrected chi connectivity index (χ4v) is 1.92. The van der Waals surface area contributed by atoms with E-state index < -0.39 is 0 Å². The van der Waals surface area contributed by atoms with E-state index in [1.807, 2.05) is 0 Å². The Morgan fingerprint density at radius 3 is 3.22 bits per heavy atom. The summed E-state index contributed by atoms with van der Waals surface area (Å²) in [6.45, 7) is 1.63. The summed E-state index contributed by atoms with van der Waals surface area (Å²) >= 11 is 0. The first-order chi connectivity index (χ1) is 8.74. The molecule has 0 aliphatic carbocycles. The molecule has 0 spiro atoms. The topological polar surface area (TPSA) is 88.7 Å². The molecule has 1 atom stereocenters. The number of nitrogens with two attached hydrogens (primary N) is 1. The number of carbonyl (C=O) groups is 1. The number of ether oxygens (including phenoxy) is 1. The second-order valence-electron chi connectivity index (χ2n) is 4.17. The summed E-state index contributed by atoms with van der Waals surface area (Å²) in [6, 6.07) is 3.37. The molecule has 1 saturated heterocycles. The second-order valence-corrected chi connectivity index (χ2v) is 4.17. The van der Waals surface area contributed by atoms with Gasteiger partial charge in [0.2, 0.25) is 0 Å². The molecule has 0 radical (unpaired) electrons. The molecule has 0 bridgehead atoms. The van der Waals surface area contributed by atoms with Gasteiger partial charge in [0, 0.05) is 31.4 Å². The van der Waals surface area contributed by atoms with E-state index in [9.17, 15) is 4.79 Å². The maximum atomic E-state index is 12.2. The Morgan fingerprint density at radius 2 is 2.50 bits per heavy atom. The van der Waals surface area contributed by atoms with Gasteiger partial charge >= 0.3 is 0 Å². The number of hydrogen-bond donors (Lipinski definition) is 2. The van der Waals surface area contributed by atoms with Crippen molar-refractivity contribution in [1.29, 1.82) is 0 Å². The van der Waals surface area contributed by atoms with Gasteiger partial charge in [0.15, 0.2) is 0 Å². The minimum atomic E-state index is -0.293. The fraction of sp³-hybridized carbons (Fsp3) is 0.500. The van der Waals surface area contributed by atoms with Gasteiger partial charge in [-0.3, -0.25) is 9.78 Å². The molecule has 6 nitrogen and oxygen atoms in total. The van der Waals surface area contributed by atoms with Crippen LogP contribution in [0.4, 0.5) is 0 Å². The van der Waals surface area contributed by atoms with E-state index >= 15 is 0 Å². The summed E-state index contributed by atoms with van der Waals surface area (Å²) in [6.07, 6.45) is 1.29. The zero-order chi connectivity index (χ0) is 13.0. The van der Waals surface area contributed by atoms with Gasteiger partial charge in [0.1, 0.15) is 0 Å². The molecule has 0 saturated carbocycles. The number of morpholine rings is 1. The molecule has 0 aromatic carbocycles. The van der Waals surface area contributed by atoms with Gasteiger partial charge in [-0.05, 0) is 12.1 Å². The standard InChI is InChI=1S/C12H17N3O3/c13-6-10-5-9(1-2-14-10)12(17)15-3-4-18-11(7-15)8-16/h1-2,5,11,16H,3-4,6-8,13H2. The monoisotopic (exact) mass is 251 g/mol. The lowest BCUT2D eigenvalue weighted by atomic mass is 10.1. The first-order valence-electron chi connectivity index (χ1n) is 5.91. The molecule has 1 unspecified atom stereocenters. The molecule has 1 fully saturated rings. The van der Waals surface area contributed by atoms with Gasteiger partial charge in [0.25, 0.3) is 5.91 Å². The van der Waals surface area contributed by atoms with Crippen molar-refractivity contribution >= 4 is 5.91 Å². The minimum Gasteiger partial charge on any atom is -0.394 e. The Hall–Kier alpha value is -1.50. The largest absolute Gasteiger partial charge is 0.394 e. The van der Waals surface area contributed by atoms with Gasteiger partial charge in [-0.25, -0.2) is 0 Å². The van der Waals surface area contributed by atoms with Crippen molar-refractivity contribution in [3.05, 3.63) is 29.6 Å². The quantitative estimate of drug-likeness (QED) is 0.747. The van der Waals surface area contributed by atoms with Gasteiger partial charge in [-0.2, -0.15) is 0 Å². The van der Waals surface area contributed by atoms with Crippen LogP contribution in [0.3, 0.4) is 0 Å². The zero-order valence-electron chi connectivity index (χ0n) is 10.1. The summed E-state index contributed by atoms with van der Waals surface area (Å²) in [5.41, 5.74) is 6.76. The normalized spacial score (nSPS) is 19.9. The first-order valence-corrected chi connectivity index (χ1v) is 5.91. The minimum absolute atomic E-state index is 0.0751. The fourth-order valence-electron chi connectivity index (χ4n) is 1.92. The van der Waals surface area contributed by atoms with E-state index in [-0.39, 0.29) is 18.6 Å². The van der Waals surface area contributed by atoms with Crippen molar-refractivity contribution in [3.8, 4) is 0 Å². The van der Waals surface area contributed by atoms with E-state index in [1.165, 1.54) is 0 Å². The number of aliphatic hydroxyl groups is 1. The Morgan fingerprint density at radius 1 is 1.67 bits per heavy atom. The molecule has 2 rings (SSSR count). The first kappa shape index (κ1) is 12.9. The van der Waals surface area contributed by atoms with Crippen LogP contribution in [0.5, 0.6) is 0 Å². The van der Waals surface area contributed by atoms with Crippen molar-refractivity contribution in [1.82, 2.24) is 9.88 Å². The number of aromatic nitrogens is 1. The van der Waals surface area contributed by atoms with Gasteiger partial charge in [-0.1, -0.05) is 0 Å². The summed E-state index contributed by atoms with van der Waals surface area (Å²) < 4.78 is 5.31. The molecule has 1 amide bonds. The van der Waals surface area contributed by atoms with E-state index in [0.717, 1.165) is 0 Å². The Kier molecular flexibility index (Phi) is 4.24. The summed E-state index contributed by atoms with van der Waals surface area (Å²) in [4.78, 5) is 18.0. The smallest absolute Gasteiger partial charge is 0.254 e. The SMILES string of the molecule is NCc1cc(C(=O)N2CCOC(CO)C2)ccn1. The highest BCUT2D eigenvalue weighted by Crippen LogP contribution is 2.11. The van der Waals surface area contributed by atoms with Gasteiger partial charge < -0.3 is 20.5 Å². The lowest BCUT2D eigenvalue weighted by molar-refractivity contribution is -0.0447. The van der Waals surface area contributed by atoms with Crippen LogP contribution in [-0.2, 0) is 11.3 Å². The zero-order valence-corrected chi connectivity index (χ0v) is 10.1. The predicted molar refractivity (Wildman–Crippen MR) is 64.9 cm³/mol. The Bertz CT molecular complexity index is 425. The molecule has 1 aliphatic heterocycles. The van der Waals surface area contributed by atoms with Crippen molar-refractivity contribution < 1.29 is 14.6 Å². The van der Waals surface area contributed by atoms with Crippen molar-refractivity contribution in [2.45, 2.75) is 12.6 Å². The molecule has 3 N–H and O–H groups in total. The molecule has 1 aliphatic rings. The summed E-state index contributed by atoms with van der Waals surface area (Å²) in [5, 5.41) is 9.05. The van der Waals surface area contributed by atoms with E-state index in [1.54, 1.807) is 23.2 Å². The van der Waals surface area contributed by atoms with Gasteiger partial charge in [-0.15, -0.1) is 0 Å². The number of hydrogen-bond acceptors (Lipinski definition) is 5. The average molecular weight is 251 g/mol. The van der Waals surface area contributed by atoms with Gasteiger partial charge in [0.05, 0.1) is 25.0 Å². The number of aliphatic hydroxyl groups excluding tert-OH is 1. The van der Waals surface area contributed by atoms with Crippen LogP contribution in [0.2, 0.25) is 0 Å². The molecule has 2 heterocycles. The van der Waals surface area contributed by atoms with E-state index in [2.05, 4.69) is 4.98 Å². The van der Waals surface area contributed by atoms with Crippen LogP contribution in [0.15, 0.2) is 18.3 Å². The maximum Gasteiger partial charge on any atom is 0.254 e. The lowest BCUT2D eigenvalue weighted by Gasteiger charge is -2.32. The third-order valence-corrected chi connectivity index (χ3v) is 2.90. The van der Waals surface area contributed by atoms with Crippen LogP contribution in [0.1, 0.15) is 16.1 Å². The van der Waals surface area contributed by atoms with Crippen molar-refractivity contribution in [2.24, 2.45) is 5.73 Å². The van der Waals surface area contributed by atoms with Crippen LogP contribution in [0, 0.1) is 0 Å². The predicted octanol–water partition coefficient (Wildman–Crippen LogP) is -0.626. The van der Waals surface area contributed by atoms with Crippen LogP contribution < -0.4 is 5.73 Å². The highest BCUT2D eigenvalue weighted by atomic mass is 16.5. The van der Waals surface area contributed by atoms with E-state index in [4.69, 9.17) is 15.6 Å². The number of carbonyl (C=O) groups excluding carboxylic acids is 1. The third kappa shape index (κ3) is 2.84. The second kappa shape index (κ2) is 5.90. The maximum absolute atomic E-state index is 12.2. The van der Waals surface area contributed by atoms with Crippen molar-refractivity contribution in [3.63, 3.8) is 0 Å². The highest BCUT2D eigenvalue weighted by Gasteiger charge is 2.24. The Labute approximate surface area is 105 Å². The van der Waals surface area contributed by atoms with Crippen LogP contribution in [0.25, 0.3) is 0 Å².